The summed E-state index contributed by atoms with van der Waals surface area (Å²) in [6, 6.07) is 8.10. The molecule has 1 aromatic carbocycles. The second-order valence-corrected chi connectivity index (χ2v) is 7.22. The van der Waals surface area contributed by atoms with E-state index < -0.39 is 10.8 Å². The highest BCUT2D eigenvalue weighted by molar-refractivity contribution is 7.85. The third kappa shape index (κ3) is 6.87. The summed E-state index contributed by atoms with van der Waals surface area (Å²) in [6.45, 7) is 6.11. The Balaban J connectivity index is 2.53. The van der Waals surface area contributed by atoms with Crippen molar-refractivity contribution in [2.75, 3.05) is 18.1 Å². The minimum Gasteiger partial charge on any atom is -0.395 e. The highest BCUT2D eigenvalue weighted by Gasteiger charge is 2.12. The van der Waals surface area contributed by atoms with Gasteiger partial charge in [0, 0.05) is 16.6 Å². The van der Waals surface area contributed by atoms with E-state index >= 15 is 0 Å². The van der Waals surface area contributed by atoms with Gasteiger partial charge in [-0.2, -0.15) is 0 Å². The Hall–Kier alpha value is -1.20. The van der Waals surface area contributed by atoms with E-state index in [0.717, 1.165) is 12.0 Å². The van der Waals surface area contributed by atoms with Crippen LogP contribution in [0.5, 0.6) is 0 Å². The summed E-state index contributed by atoms with van der Waals surface area (Å²) in [6.07, 6.45) is 1.04. The summed E-state index contributed by atoms with van der Waals surface area (Å²) in [7, 11) is -1.30. The molecule has 2 atom stereocenters. The quantitative estimate of drug-likeness (QED) is 0.769. The number of hydrogen-bond acceptors (Lipinski definition) is 3. The van der Waals surface area contributed by atoms with Crippen LogP contribution in [0.1, 0.15) is 37.9 Å². The summed E-state index contributed by atoms with van der Waals surface area (Å²) in [4.78, 5) is 11.7. The second kappa shape index (κ2) is 8.95. The van der Waals surface area contributed by atoms with Gasteiger partial charge in [-0.15, -0.1) is 0 Å². The van der Waals surface area contributed by atoms with Gasteiger partial charge in [0.25, 0.3) is 0 Å². The average molecular weight is 311 g/mol. The zero-order valence-electron chi connectivity index (χ0n) is 13.0. The molecule has 0 saturated heterocycles. The van der Waals surface area contributed by atoms with Gasteiger partial charge in [0.1, 0.15) is 5.75 Å². The van der Waals surface area contributed by atoms with E-state index in [2.05, 4.69) is 31.3 Å². The third-order valence-electron chi connectivity index (χ3n) is 3.11. The molecular weight excluding hydrogens is 286 g/mol. The number of nitrogens with one attached hydrogen (secondary N) is 1. The maximum atomic E-state index is 11.7. The Morgan fingerprint density at radius 2 is 1.86 bits per heavy atom. The van der Waals surface area contributed by atoms with Crippen LogP contribution in [0.3, 0.4) is 0 Å². The van der Waals surface area contributed by atoms with Gasteiger partial charge in [0.15, 0.2) is 0 Å². The lowest BCUT2D eigenvalue weighted by Crippen LogP contribution is -2.31. The smallest absolute Gasteiger partial charge is 0.233 e. The molecule has 0 fully saturated rings. The van der Waals surface area contributed by atoms with Crippen LogP contribution in [-0.2, 0) is 22.0 Å². The number of benzene rings is 1. The van der Waals surface area contributed by atoms with Gasteiger partial charge in [-0.25, -0.2) is 0 Å². The van der Waals surface area contributed by atoms with Crippen LogP contribution >= 0.6 is 0 Å². The van der Waals surface area contributed by atoms with E-state index in [-0.39, 0.29) is 30.1 Å². The number of hydrogen-bond donors (Lipinski definition) is 2. The SMILES string of the molecule is CC(C)Cc1ccc(C(C)NC(=O)CS(=O)CCO)cc1. The lowest BCUT2D eigenvalue weighted by Gasteiger charge is -2.15. The molecule has 0 bridgehead atoms. The van der Waals surface area contributed by atoms with E-state index in [1.165, 1.54) is 5.56 Å². The van der Waals surface area contributed by atoms with Crippen molar-refractivity contribution < 1.29 is 14.1 Å². The molecule has 4 nitrogen and oxygen atoms in total. The first-order valence-electron chi connectivity index (χ1n) is 7.26. The molecule has 0 aromatic heterocycles. The van der Waals surface area contributed by atoms with Gasteiger partial charge in [-0.1, -0.05) is 38.1 Å². The number of amides is 1. The molecule has 0 spiro atoms. The molecule has 1 rings (SSSR count). The Morgan fingerprint density at radius 1 is 1.24 bits per heavy atom. The molecule has 0 aliphatic heterocycles. The first-order chi connectivity index (χ1) is 9.92. The Labute approximate surface area is 129 Å². The van der Waals surface area contributed by atoms with Gasteiger partial charge in [0.2, 0.25) is 5.91 Å². The molecule has 118 valence electrons. The van der Waals surface area contributed by atoms with Crippen molar-refractivity contribution in [3.05, 3.63) is 35.4 Å². The van der Waals surface area contributed by atoms with Gasteiger partial charge in [-0.05, 0) is 30.4 Å². The van der Waals surface area contributed by atoms with Crippen molar-refractivity contribution in [2.24, 2.45) is 5.92 Å². The van der Waals surface area contributed by atoms with Crippen LogP contribution in [0.15, 0.2) is 24.3 Å². The normalized spacial score (nSPS) is 14.0. The third-order valence-corrected chi connectivity index (χ3v) is 4.33. The molecule has 21 heavy (non-hydrogen) atoms. The van der Waals surface area contributed by atoms with Crippen molar-refractivity contribution in [2.45, 2.75) is 33.2 Å². The van der Waals surface area contributed by atoms with Crippen LogP contribution in [0.2, 0.25) is 0 Å². The summed E-state index contributed by atoms with van der Waals surface area (Å²) in [5, 5.41) is 11.5. The topological polar surface area (TPSA) is 66.4 Å². The highest BCUT2D eigenvalue weighted by atomic mass is 32.2. The predicted molar refractivity (Wildman–Crippen MR) is 86.5 cm³/mol. The van der Waals surface area contributed by atoms with Gasteiger partial charge in [0.05, 0.1) is 12.6 Å². The summed E-state index contributed by atoms with van der Waals surface area (Å²) >= 11 is 0. The molecule has 5 heteroatoms. The summed E-state index contributed by atoms with van der Waals surface area (Å²) in [5.74, 6) is 0.456. The number of rotatable bonds is 8. The van der Waals surface area contributed by atoms with Crippen molar-refractivity contribution in [3.8, 4) is 0 Å². The first kappa shape index (κ1) is 17.9. The summed E-state index contributed by atoms with van der Waals surface area (Å²) in [5.41, 5.74) is 2.32. The molecular formula is C16H25NO3S. The Kier molecular flexibility index (Phi) is 7.61. The molecule has 1 aromatic rings. The van der Waals surface area contributed by atoms with E-state index in [1.54, 1.807) is 0 Å². The Bertz CT molecular complexity index is 471. The van der Waals surface area contributed by atoms with Crippen LogP contribution in [0.4, 0.5) is 0 Å². The number of aliphatic hydroxyl groups excluding tert-OH is 1. The van der Waals surface area contributed by atoms with E-state index in [1.807, 2.05) is 19.1 Å². The molecule has 0 saturated carbocycles. The number of aliphatic hydroxyl groups is 1. The van der Waals surface area contributed by atoms with E-state index in [9.17, 15) is 9.00 Å². The molecule has 0 aliphatic rings. The molecule has 0 heterocycles. The maximum absolute atomic E-state index is 11.7. The lowest BCUT2D eigenvalue weighted by molar-refractivity contribution is -0.119. The zero-order chi connectivity index (χ0) is 15.8. The van der Waals surface area contributed by atoms with Crippen molar-refractivity contribution in [3.63, 3.8) is 0 Å². The van der Waals surface area contributed by atoms with Crippen LogP contribution in [0.25, 0.3) is 0 Å². The Morgan fingerprint density at radius 3 is 2.38 bits per heavy atom. The summed E-state index contributed by atoms with van der Waals surface area (Å²) < 4.78 is 11.4. The van der Waals surface area contributed by atoms with Gasteiger partial charge < -0.3 is 10.4 Å². The maximum Gasteiger partial charge on any atom is 0.233 e. The van der Waals surface area contributed by atoms with Crippen molar-refractivity contribution in [1.82, 2.24) is 5.32 Å². The highest BCUT2D eigenvalue weighted by Crippen LogP contribution is 2.15. The van der Waals surface area contributed by atoms with Crippen molar-refractivity contribution >= 4 is 16.7 Å². The fraction of sp³-hybridized carbons (Fsp3) is 0.562. The standard InChI is InChI=1S/C16H25NO3S/c1-12(2)10-14-4-6-15(7-5-14)13(3)17-16(19)11-21(20)9-8-18/h4-7,12-13,18H,8-11H2,1-3H3,(H,17,19). The largest absolute Gasteiger partial charge is 0.395 e. The molecule has 0 aliphatic carbocycles. The molecule has 2 N–H and O–H groups in total. The minimum atomic E-state index is -1.30. The van der Waals surface area contributed by atoms with Crippen molar-refractivity contribution in [1.29, 1.82) is 0 Å². The molecule has 1 amide bonds. The van der Waals surface area contributed by atoms with Crippen LogP contribution < -0.4 is 5.32 Å². The first-order valence-corrected chi connectivity index (χ1v) is 8.75. The zero-order valence-corrected chi connectivity index (χ0v) is 13.8. The van der Waals surface area contributed by atoms with E-state index in [0.29, 0.717) is 5.92 Å². The average Bonchev–Trinajstić information content (AvgIpc) is 2.38. The predicted octanol–water partition coefficient (Wildman–Crippen LogP) is 1.80. The molecule has 0 radical (unpaired) electrons. The lowest BCUT2D eigenvalue weighted by atomic mass is 10.00. The van der Waals surface area contributed by atoms with E-state index in [4.69, 9.17) is 5.11 Å². The second-order valence-electron chi connectivity index (χ2n) is 5.64. The number of carbonyl (C=O) groups is 1. The fourth-order valence-electron chi connectivity index (χ4n) is 2.10. The monoisotopic (exact) mass is 311 g/mol. The van der Waals surface area contributed by atoms with Crippen LogP contribution in [0, 0.1) is 5.92 Å². The van der Waals surface area contributed by atoms with Crippen LogP contribution in [-0.4, -0.2) is 33.3 Å². The number of carbonyl (C=O) groups excluding carboxylic acids is 1. The minimum absolute atomic E-state index is 0.0592. The fourth-order valence-corrected chi connectivity index (χ4v) is 2.82. The van der Waals surface area contributed by atoms with Gasteiger partial charge in [-0.3, -0.25) is 9.00 Å². The van der Waals surface area contributed by atoms with Gasteiger partial charge >= 0.3 is 0 Å². The molecule has 2 unspecified atom stereocenters.